The first kappa shape index (κ1) is 68.3. The van der Waals surface area contributed by atoms with Crippen LogP contribution < -0.4 is 5.32 Å². The van der Waals surface area contributed by atoms with Crippen molar-refractivity contribution >= 4 is 11.9 Å². The van der Waals surface area contributed by atoms with Crippen LogP contribution in [0.3, 0.4) is 0 Å². The van der Waals surface area contributed by atoms with Crippen molar-refractivity contribution in [1.82, 2.24) is 5.32 Å². The molecule has 0 radical (unpaired) electrons. The smallest absolute Gasteiger partial charge is 0.305 e. The van der Waals surface area contributed by atoms with E-state index >= 15 is 0 Å². The number of carbonyl (C=O) groups excluding carboxylic acids is 2. The standard InChI is InChI=1S/C64H123NO5/c1-3-5-7-9-11-13-15-17-19-21-22-23-24-25-26-27-29-30-32-36-40-44-48-52-56-62(67)61(60-66)65-63(68)57-53-49-45-41-37-34-35-39-43-47-51-55-59-70-64(69)58-54-50-46-42-38-33-31-28-20-18-16-14-12-10-8-6-4-2/h18,20,35,39,61-62,66-67H,3-17,19,21-34,36-38,40-60H2,1-2H3,(H,65,68)/b20-18-,39-35-. The van der Waals surface area contributed by atoms with Gasteiger partial charge in [-0.1, -0.05) is 276 Å². The summed E-state index contributed by atoms with van der Waals surface area (Å²) < 4.78 is 5.46. The Morgan fingerprint density at radius 3 is 1.01 bits per heavy atom. The first-order valence-electron chi connectivity index (χ1n) is 31.6. The lowest BCUT2D eigenvalue weighted by atomic mass is 10.0. The maximum Gasteiger partial charge on any atom is 0.305 e. The molecule has 0 heterocycles. The van der Waals surface area contributed by atoms with Crippen LogP contribution in [0.5, 0.6) is 0 Å². The van der Waals surface area contributed by atoms with E-state index in [2.05, 4.69) is 43.5 Å². The molecule has 0 aliphatic carbocycles. The summed E-state index contributed by atoms with van der Waals surface area (Å²) in [6.45, 7) is 4.91. The molecule has 6 heteroatoms. The topological polar surface area (TPSA) is 95.9 Å². The first-order valence-corrected chi connectivity index (χ1v) is 31.6. The van der Waals surface area contributed by atoms with E-state index in [1.165, 1.54) is 238 Å². The van der Waals surface area contributed by atoms with Gasteiger partial charge in [-0.3, -0.25) is 9.59 Å². The van der Waals surface area contributed by atoms with Crippen molar-refractivity contribution in [2.75, 3.05) is 13.2 Å². The molecule has 0 rings (SSSR count). The highest BCUT2D eigenvalue weighted by Gasteiger charge is 2.20. The van der Waals surface area contributed by atoms with Gasteiger partial charge >= 0.3 is 5.97 Å². The number of unbranched alkanes of at least 4 members (excludes halogenated alkanes) is 44. The van der Waals surface area contributed by atoms with Gasteiger partial charge in [-0.05, 0) is 83.5 Å². The summed E-state index contributed by atoms with van der Waals surface area (Å²) in [6, 6.07) is -0.562. The molecule has 2 unspecified atom stereocenters. The van der Waals surface area contributed by atoms with Gasteiger partial charge in [0.25, 0.3) is 0 Å². The second kappa shape index (κ2) is 59.9. The van der Waals surface area contributed by atoms with Crippen LogP contribution in [0.15, 0.2) is 24.3 Å². The molecule has 0 aromatic heterocycles. The fourth-order valence-corrected chi connectivity index (χ4v) is 9.87. The molecule has 0 aliphatic heterocycles. The van der Waals surface area contributed by atoms with E-state index in [1.807, 2.05) is 0 Å². The second-order valence-corrected chi connectivity index (χ2v) is 21.7. The van der Waals surface area contributed by atoms with Gasteiger partial charge in [0.2, 0.25) is 5.91 Å². The number of esters is 1. The number of aliphatic hydroxyl groups is 2. The molecule has 1 amide bonds. The van der Waals surface area contributed by atoms with E-state index < -0.39 is 12.1 Å². The lowest BCUT2D eigenvalue weighted by Gasteiger charge is -2.22. The van der Waals surface area contributed by atoms with Crippen molar-refractivity contribution in [1.29, 1.82) is 0 Å². The molecule has 0 aromatic carbocycles. The quantitative estimate of drug-likeness (QED) is 0.0321. The molecule has 0 fully saturated rings. The first-order chi connectivity index (χ1) is 34.5. The van der Waals surface area contributed by atoms with Crippen LogP contribution in [0, 0.1) is 0 Å². The SMILES string of the molecule is CCCCCCCC/C=C\CCCCCCCCCC(=O)OCCCCC/C=C\CCCCCCCC(=O)NC(CO)C(O)CCCCCCCCCCCCCCCCCCCCCCCCCC. The molecule has 0 bridgehead atoms. The molecule has 0 aliphatic rings. The van der Waals surface area contributed by atoms with Crippen LogP contribution in [0.4, 0.5) is 0 Å². The number of hydrogen-bond donors (Lipinski definition) is 3. The van der Waals surface area contributed by atoms with E-state index in [0.29, 0.717) is 25.9 Å². The van der Waals surface area contributed by atoms with Crippen molar-refractivity contribution in [2.45, 2.75) is 360 Å². The minimum Gasteiger partial charge on any atom is -0.466 e. The van der Waals surface area contributed by atoms with Gasteiger partial charge in [-0.2, -0.15) is 0 Å². The number of rotatable bonds is 59. The van der Waals surface area contributed by atoms with Crippen LogP contribution in [-0.2, 0) is 14.3 Å². The van der Waals surface area contributed by atoms with Crippen LogP contribution >= 0.6 is 0 Å². The second-order valence-electron chi connectivity index (χ2n) is 21.7. The third-order valence-electron chi connectivity index (χ3n) is 14.7. The molecule has 0 aromatic rings. The summed E-state index contributed by atoms with van der Waals surface area (Å²) >= 11 is 0. The van der Waals surface area contributed by atoms with Crippen molar-refractivity contribution in [3.63, 3.8) is 0 Å². The molecule has 0 saturated carbocycles. The fourth-order valence-electron chi connectivity index (χ4n) is 9.87. The Hall–Kier alpha value is -1.66. The highest BCUT2D eigenvalue weighted by atomic mass is 16.5. The van der Waals surface area contributed by atoms with E-state index in [0.717, 1.165) is 77.0 Å². The number of amides is 1. The summed E-state index contributed by atoms with van der Waals surface area (Å²) in [6.07, 6.45) is 73.3. The van der Waals surface area contributed by atoms with Gasteiger partial charge in [0.05, 0.1) is 25.4 Å². The molecular weight excluding hydrogens is 863 g/mol. The van der Waals surface area contributed by atoms with Crippen molar-refractivity contribution in [3.05, 3.63) is 24.3 Å². The molecule has 2 atom stereocenters. The Morgan fingerprint density at radius 1 is 0.386 bits per heavy atom. The molecule has 0 spiro atoms. The molecular formula is C64H123NO5. The summed E-state index contributed by atoms with van der Waals surface area (Å²) in [5.41, 5.74) is 0. The summed E-state index contributed by atoms with van der Waals surface area (Å²) in [5.74, 6) is -0.0823. The zero-order chi connectivity index (χ0) is 50.7. The van der Waals surface area contributed by atoms with Gasteiger partial charge in [0.15, 0.2) is 0 Å². The van der Waals surface area contributed by atoms with Crippen LogP contribution in [-0.4, -0.2) is 47.4 Å². The Kier molecular flexibility index (Phi) is 58.5. The highest BCUT2D eigenvalue weighted by molar-refractivity contribution is 5.76. The van der Waals surface area contributed by atoms with Gasteiger partial charge in [-0.15, -0.1) is 0 Å². The number of carbonyl (C=O) groups is 2. The van der Waals surface area contributed by atoms with Crippen LogP contribution in [0.2, 0.25) is 0 Å². The maximum absolute atomic E-state index is 12.5. The molecule has 414 valence electrons. The Morgan fingerprint density at radius 2 is 0.671 bits per heavy atom. The summed E-state index contributed by atoms with van der Waals surface area (Å²) in [5, 5.41) is 23.4. The third kappa shape index (κ3) is 55.7. The monoisotopic (exact) mass is 986 g/mol. The molecule has 6 nitrogen and oxygen atoms in total. The predicted octanol–water partition coefficient (Wildman–Crippen LogP) is 19.8. The highest BCUT2D eigenvalue weighted by Crippen LogP contribution is 2.18. The number of nitrogens with one attached hydrogen (secondary N) is 1. The Bertz CT molecular complexity index is 1090. The lowest BCUT2D eigenvalue weighted by Crippen LogP contribution is -2.45. The van der Waals surface area contributed by atoms with E-state index in [1.54, 1.807) is 0 Å². The molecule has 0 saturated heterocycles. The minimum atomic E-state index is -0.682. The molecule has 3 N–H and O–H groups in total. The van der Waals surface area contributed by atoms with Gasteiger partial charge in [0, 0.05) is 12.8 Å². The number of ether oxygens (including phenoxy) is 1. The van der Waals surface area contributed by atoms with Crippen LogP contribution in [0.25, 0.3) is 0 Å². The largest absolute Gasteiger partial charge is 0.466 e. The van der Waals surface area contributed by atoms with E-state index in [-0.39, 0.29) is 18.5 Å². The van der Waals surface area contributed by atoms with Gasteiger partial charge < -0.3 is 20.3 Å². The predicted molar refractivity (Wildman–Crippen MR) is 306 cm³/mol. The zero-order valence-electron chi connectivity index (χ0n) is 47.3. The number of aliphatic hydroxyl groups excluding tert-OH is 2. The van der Waals surface area contributed by atoms with Crippen molar-refractivity contribution < 1.29 is 24.5 Å². The number of allylic oxidation sites excluding steroid dienone is 4. The fraction of sp³-hybridized carbons (Fsp3) is 0.906. The van der Waals surface area contributed by atoms with Crippen molar-refractivity contribution in [2.24, 2.45) is 0 Å². The average Bonchev–Trinajstić information content (AvgIpc) is 3.36. The van der Waals surface area contributed by atoms with Crippen molar-refractivity contribution in [3.8, 4) is 0 Å². The lowest BCUT2D eigenvalue weighted by molar-refractivity contribution is -0.143. The third-order valence-corrected chi connectivity index (χ3v) is 14.7. The van der Waals surface area contributed by atoms with E-state index in [4.69, 9.17) is 4.74 Å². The normalized spacial score (nSPS) is 12.7. The summed E-state index contributed by atoms with van der Waals surface area (Å²) in [7, 11) is 0. The number of hydrogen-bond acceptors (Lipinski definition) is 5. The maximum atomic E-state index is 12.5. The minimum absolute atomic E-state index is 0.0250. The summed E-state index contributed by atoms with van der Waals surface area (Å²) in [4.78, 5) is 24.6. The average molecular weight is 987 g/mol. The van der Waals surface area contributed by atoms with Gasteiger partial charge in [0.1, 0.15) is 0 Å². The molecule has 70 heavy (non-hydrogen) atoms. The van der Waals surface area contributed by atoms with Crippen LogP contribution in [0.1, 0.15) is 348 Å². The Balaban J connectivity index is 3.47. The van der Waals surface area contributed by atoms with Gasteiger partial charge in [-0.25, -0.2) is 0 Å². The Labute approximate surface area is 437 Å². The van der Waals surface area contributed by atoms with E-state index in [9.17, 15) is 19.8 Å². The zero-order valence-corrected chi connectivity index (χ0v) is 47.3.